The third kappa shape index (κ3) is 3.96. The van der Waals surface area contributed by atoms with Crippen LogP contribution in [0.15, 0.2) is 23.4 Å². The fraction of sp³-hybridized carbons (Fsp3) is 0.214. The highest BCUT2D eigenvalue weighted by atomic mass is 19.4. The Morgan fingerprint density at radius 1 is 0.917 bits per heavy atom. The highest BCUT2D eigenvalue weighted by Crippen LogP contribution is 2.40. The van der Waals surface area contributed by atoms with E-state index < -0.39 is 46.0 Å². The fourth-order valence-electron chi connectivity index (χ4n) is 1.72. The zero-order chi connectivity index (χ0) is 18.7. The molecule has 1 rings (SSSR count). The van der Waals surface area contributed by atoms with Gasteiger partial charge in [-0.3, -0.25) is 0 Å². The third-order valence-electron chi connectivity index (χ3n) is 2.89. The van der Waals surface area contributed by atoms with Gasteiger partial charge in [-0.25, -0.2) is 0 Å². The van der Waals surface area contributed by atoms with Crippen LogP contribution in [0.2, 0.25) is 0 Å². The number of anilines is 1. The molecule has 1 N–H and O–H groups in total. The Morgan fingerprint density at radius 3 is 1.83 bits per heavy atom. The van der Waals surface area contributed by atoms with E-state index in [0.29, 0.717) is 6.07 Å². The van der Waals surface area contributed by atoms with Crippen LogP contribution in [0.5, 0.6) is 0 Å². The minimum atomic E-state index is -5.06. The minimum Gasteiger partial charge on any atom is -0.345 e. The molecule has 0 aliphatic heterocycles. The summed E-state index contributed by atoms with van der Waals surface area (Å²) in [5, 5.41) is 28.2. The molecule has 0 aliphatic carbocycles. The lowest BCUT2D eigenvalue weighted by Crippen LogP contribution is -2.15. The normalized spacial score (nSPS) is 11.0. The Labute approximate surface area is 131 Å². The highest BCUT2D eigenvalue weighted by Gasteiger charge is 2.38. The number of nitrogens with zero attached hydrogens (tertiary/aromatic N) is 3. The molecule has 24 heavy (non-hydrogen) atoms. The van der Waals surface area contributed by atoms with Crippen molar-refractivity contribution in [3.8, 4) is 18.2 Å². The first kappa shape index (κ1) is 18.9. The molecule has 4 nitrogen and oxygen atoms in total. The van der Waals surface area contributed by atoms with Gasteiger partial charge in [-0.1, -0.05) is 0 Å². The Hall–Kier alpha value is -3.19. The maximum absolute atomic E-state index is 12.9. The van der Waals surface area contributed by atoms with Crippen LogP contribution in [0.1, 0.15) is 16.7 Å². The molecule has 1 aromatic rings. The second kappa shape index (κ2) is 6.51. The molecule has 0 radical (unpaired) electrons. The summed E-state index contributed by atoms with van der Waals surface area (Å²) in [6.07, 6.45) is -10.1. The van der Waals surface area contributed by atoms with Crippen LogP contribution in [0.4, 0.5) is 32.0 Å². The standard InChI is InChI=1S/C14H6F6N4/c1-7-10(14(18,19)20)2-9(13(15,16)17)3-11(7)24-12(6-23)8(4-21)5-22/h2-3,24H,1H3. The largest absolute Gasteiger partial charge is 0.416 e. The first-order valence-electron chi connectivity index (χ1n) is 5.96. The lowest BCUT2D eigenvalue weighted by molar-refractivity contribution is -0.143. The van der Waals surface area contributed by atoms with Gasteiger partial charge in [0.15, 0.2) is 5.57 Å². The number of halogens is 6. The summed E-state index contributed by atoms with van der Waals surface area (Å²) in [5.74, 6) is 0. The minimum absolute atomic E-state index is 0.0498. The molecule has 1 aromatic carbocycles. The van der Waals surface area contributed by atoms with Crippen LogP contribution in [0.25, 0.3) is 0 Å². The van der Waals surface area contributed by atoms with Gasteiger partial charge >= 0.3 is 12.4 Å². The Balaban J connectivity index is 3.67. The summed E-state index contributed by atoms with van der Waals surface area (Å²) in [6, 6.07) is 4.32. The zero-order valence-corrected chi connectivity index (χ0v) is 11.8. The summed E-state index contributed by atoms with van der Waals surface area (Å²) < 4.78 is 77.2. The van der Waals surface area contributed by atoms with Crippen molar-refractivity contribution in [3.05, 3.63) is 40.1 Å². The average Bonchev–Trinajstić information content (AvgIpc) is 2.46. The predicted octanol–water partition coefficient (Wildman–Crippen LogP) is 4.27. The Morgan fingerprint density at radius 2 is 1.46 bits per heavy atom. The van der Waals surface area contributed by atoms with Crippen molar-refractivity contribution < 1.29 is 26.3 Å². The first-order valence-corrected chi connectivity index (χ1v) is 5.96. The molecule has 0 unspecified atom stereocenters. The first-order chi connectivity index (χ1) is 11.0. The number of nitriles is 3. The number of allylic oxidation sites excluding steroid dienone is 2. The van der Waals surface area contributed by atoms with E-state index in [1.807, 2.05) is 5.32 Å². The average molecular weight is 344 g/mol. The lowest BCUT2D eigenvalue weighted by atomic mass is 10.0. The molecule has 0 bridgehead atoms. The van der Waals surface area contributed by atoms with Crippen LogP contribution < -0.4 is 5.32 Å². The van der Waals surface area contributed by atoms with Gasteiger partial charge in [0.2, 0.25) is 0 Å². The Kier molecular flexibility index (Phi) is 5.12. The third-order valence-corrected chi connectivity index (χ3v) is 2.89. The van der Waals surface area contributed by atoms with Gasteiger partial charge in [-0.05, 0) is 24.6 Å². The molecule has 0 amide bonds. The fourth-order valence-corrected chi connectivity index (χ4v) is 1.72. The maximum atomic E-state index is 12.9. The monoisotopic (exact) mass is 344 g/mol. The number of hydrogen-bond donors (Lipinski definition) is 1. The summed E-state index contributed by atoms with van der Waals surface area (Å²) in [4.78, 5) is 0. The second-order valence-electron chi connectivity index (χ2n) is 4.40. The number of benzene rings is 1. The van der Waals surface area contributed by atoms with E-state index in [9.17, 15) is 26.3 Å². The van der Waals surface area contributed by atoms with Crippen LogP contribution in [-0.2, 0) is 12.4 Å². The number of hydrogen-bond acceptors (Lipinski definition) is 4. The zero-order valence-electron chi connectivity index (χ0n) is 11.8. The van der Waals surface area contributed by atoms with E-state index in [1.54, 1.807) is 0 Å². The molecule has 0 saturated heterocycles. The summed E-state index contributed by atoms with van der Waals surface area (Å²) in [6.45, 7) is 0.902. The summed E-state index contributed by atoms with van der Waals surface area (Å²) in [7, 11) is 0. The SMILES string of the molecule is Cc1c(NC(C#N)=C(C#N)C#N)cc(C(F)(F)F)cc1C(F)(F)F. The van der Waals surface area contributed by atoms with Crippen molar-refractivity contribution in [1.29, 1.82) is 15.8 Å². The van der Waals surface area contributed by atoms with E-state index in [-0.39, 0.29) is 6.07 Å². The van der Waals surface area contributed by atoms with E-state index >= 15 is 0 Å². The quantitative estimate of drug-likeness (QED) is 0.641. The van der Waals surface area contributed by atoms with Crippen LogP contribution in [0.3, 0.4) is 0 Å². The van der Waals surface area contributed by atoms with Crippen molar-refractivity contribution in [1.82, 2.24) is 0 Å². The molecule has 0 aliphatic rings. The number of alkyl halides is 6. The molecule has 0 aromatic heterocycles. The molecule has 124 valence electrons. The van der Waals surface area contributed by atoms with Crippen molar-refractivity contribution in [2.24, 2.45) is 0 Å². The highest BCUT2D eigenvalue weighted by molar-refractivity contribution is 5.64. The van der Waals surface area contributed by atoms with Crippen molar-refractivity contribution in [2.45, 2.75) is 19.3 Å². The van der Waals surface area contributed by atoms with Crippen LogP contribution in [-0.4, -0.2) is 0 Å². The molecule has 0 atom stereocenters. The van der Waals surface area contributed by atoms with Gasteiger partial charge in [0, 0.05) is 5.69 Å². The Bertz CT molecular complexity index is 796. The van der Waals surface area contributed by atoms with Gasteiger partial charge < -0.3 is 5.32 Å². The smallest absolute Gasteiger partial charge is 0.345 e. The van der Waals surface area contributed by atoms with Gasteiger partial charge in [0.25, 0.3) is 0 Å². The molecule has 0 saturated carbocycles. The van der Waals surface area contributed by atoms with Gasteiger partial charge in [-0.2, -0.15) is 42.1 Å². The number of rotatable bonds is 2. The van der Waals surface area contributed by atoms with Gasteiger partial charge in [0.05, 0.1) is 11.1 Å². The van der Waals surface area contributed by atoms with Crippen molar-refractivity contribution in [3.63, 3.8) is 0 Å². The van der Waals surface area contributed by atoms with E-state index in [4.69, 9.17) is 15.8 Å². The van der Waals surface area contributed by atoms with Crippen LogP contribution in [0, 0.1) is 40.9 Å². The molecule has 0 fully saturated rings. The van der Waals surface area contributed by atoms with Gasteiger partial charge in [-0.15, -0.1) is 0 Å². The predicted molar refractivity (Wildman–Crippen MR) is 68.7 cm³/mol. The van der Waals surface area contributed by atoms with E-state index in [1.165, 1.54) is 18.2 Å². The lowest BCUT2D eigenvalue weighted by Gasteiger charge is -2.18. The van der Waals surface area contributed by atoms with E-state index in [2.05, 4.69) is 0 Å². The molecule has 0 heterocycles. The molecular weight excluding hydrogens is 338 g/mol. The molecule has 0 spiro atoms. The number of nitrogens with one attached hydrogen (secondary N) is 1. The maximum Gasteiger partial charge on any atom is 0.416 e. The summed E-state index contributed by atoms with van der Waals surface area (Å²) >= 11 is 0. The second-order valence-corrected chi connectivity index (χ2v) is 4.40. The molecular formula is C14H6F6N4. The van der Waals surface area contributed by atoms with Crippen molar-refractivity contribution in [2.75, 3.05) is 5.32 Å². The summed E-state index contributed by atoms with van der Waals surface area (Å²) in [5.41, 5.74) is -5.96. The van der Waals surface area contributed by atoms with Gasteiger partial charge in [0.1, 0.15) is 23.9 Å². The van der Waals surface area contributed by atoms with Crippen molar-refractivity contribution >= 4 is 5.69 Å². The van der Waals surface area contributed by atoms with Crippen LogP contribution >= 0.6 is 0 Å². The topological polar surface area (TPSA) is 83.4 Å². The van der Waals surface area contributed by atoms with E-state index in [0.717, 1.165) is 6.92 Å². The molecule has 10 heteroatoms.